The maximum absolute atomic E-state index is 11.4. The summed E-state index contributed by atoms with van der Waals surface area (Å²) < 4.78 is 9.55. The van der Waals surface area contributed by atoms with E-state index in [1.54, 1.807) is 12.1 Å². The van der Waals surface area contributed by atoms with Gasteiger partial charge in [0.05, 0.1) is 6.26 Å². The molecular weight excluding hydrogens is 308 g/mol. The van der Waals surface area contributed by atoms with E-state index in [1.807, 2.05) is 16.8 Å². The molecule has 0 saturated heterocycles. The Bertz CT molecular complexity index is 661. The number of carbonyl (C=O) groups excluding carboxylic acids is 3. The van der Waals surface area contributed by atoms with Gasteiger partial charge in [0.15, 0.2) is 12.4 Å². The van der Waals surface area contributed by atoms with E-state index in [0.29, 0.717) is 0 Å². The fourth-order valence-electron chi connectivity index (χ4n) is 1.35. The molecule has 2 heterocycles. The number of esters is 1. The average Bonchev–Trinajstić information content (AvgIpc) is 3.21. The fourth-order valence-corrected chi connectivity index (χ4v) is 1.98. The monoisotopic (exact) mass is 320 g/mol. The first-order chi connectivity index (χ1) is 10.6. The van der Waals surface area contributed by atoms with E-state index < -0.39 is 24.4 Å². The fraction of sp³-hybridized carbons (Fsp3) is 0.0714. The Hall–Kier alpha value is -2.87. The second-order valence-electron chi connectivity index (χ2n) is 3.98. The molecule has 114 valence electrons. The number of hydrazine groups is 1. The van der Waals surface area contributed by atoms with Gasteiger partial charge in [-0.05, 0) is 40.6 Å². The molecule has 2 rings (SSSR count). The first-order valence-corrected chi connectivity index (χ1v) is 7.09. The molecule has 0 aliphatic carbocycles. The van der Waals surface area contributed by atoms with Gasteiger partial charge in [-0.25, -0.2) is 4.79 Å². The Morgan fingerprint density at radius 3 is 2.82 bits per heavy atom. The van der Waals surface area contributed by atoms with Crippen LogP contribution in [0.25, 0.3) is 6.08 Å². The van der Waals surface area contributed by atoms with Gasteiger partial charge in [0.1, 0.15) is 0 Å². The molecule has 8 heteroatoms. The molecule has 2 amide bonds. The molecule has 0 spiro atoms. The van der Waals surface area contributed by atoms with Crippen molar-refractivity contribution in [2.45, 2.75) is 0 Å². The highest BCUT2D eigenvalue weighted by atomic mass is 32.1. The molecule has 0 radical (unpaired) electrons. The van der Waals surface area contributed by atoms with Crippen LogP contribution in [0.5, 0.6) is 0 Å². The van der Waals surface area contributed by atoms with E-state index in [-0.39, 0.29) is 5.76 Å². The van der Waals surface area contributed by atoms with Crippen LogP contribution < -0.4 is 10.9 Å². The van der Waals surface area contributed by atoms with Gasteiger partial charge in [0, 0.05) is 6.08 Å². The van der Waals surface area contributed by atoms with Crippen molar-refractivity contribution in [2.75, 3.05) is 6.61 Å². The van der Waals surface area contributed by atoms with Gasteiger partial charge in [-0.3, -0.25) is 20.4 Å². The molecule has 0 aliphatic rings. The first kappa shape index (κ1) is 15.5. The van der Waals surface area contributed by atoms with Gasteiger partial charge < -0.3 is 9.15 Å². The van der Waals surface area contributed by atoms with Gasteiger partial charge in [-0.15, -0.1) is 0 Å². The average molecular weight is 320 g/mol. The Morgan fingerprint density at radius 1 is 1.27 bits per heavy atom. The largest absolute Gasteiger partial charge is 0.459 e. The Kier molecular flexibility index (Phi) is 5.50. The third-order valence-electron chi connectivity index (χ3n) is 2.36. The summed E-state index contributed by atoms with van der Waals surface area (Å²) in [5.74, 6) is -1.88. The topological polar surface area (TPSA) is 97.6 Å². The Labute approximate surface area is 129 Å². The molecule has 2 aromatic rings. The van der Waals surface area contributed by atoms with Gasteiger partial charge in [0.25, 0.3) is 5.91 Å². The molecule has 0 atom stereocenters. The summed E-state index contributed by atoms with van der Waals surface area (Å²) in [6, 6.07) is 4.82. The first-order valence-electron chi connectivity index (χ1n) is 6.15. The normalized spacial score (nSPS) is 10.4. The van der Waals surface area contributed by atoms with Crippen LogP contribution >= 0.6 is 11.3 Å². The van der Waals surface area contributed by atoms with Gasteiger partial charge in [-0.2, -0.15) is 11.3 Å². The maximum atomic E-state index is 11.4. The lowest BCUT2D eigenvalue weighted by Crippen LogP contribution is -2.43. The summed E-state index contributed by atoms with van der Waals surface area (Å²) in [4.78, 5) is 34.2. The molecule has 22 heavy (non-hydrogen) atoms. The molecule has 0 bridgehead atoms. The molecule has 0 fully saturated rings. The number of nitrogens with one attached hydrogen (secondary N) is 2. The predicted octanol–water partition coefficient (Wildman–Crippen LogP) is 1.36. The van der Waals surface area contributed by atoms with Crippen molar-refractivity contribution in [2.24, 2.45) is 0 Å². The van der Waals surface area contributed by atoms with Crippen molar-refractivity contribution in [1.29, 1.82) is 0 Å². The van der Waals surface area contributed by atoms with E-state index in [2.05, 4.69) is 10.9 Å². The maximum Gasteiger partial charge on any atom is 0.331 e. The zero-order valence-corrected chi connectivity index (χ0v) is 12.1. The minimum atomic E-state index is -0.669. The van der Waals surface area contributed by atoms with Crippen LogP contribution in [0.3, 0.4) is 0 Å². The summed E-state index contributed by atoms with van der Waals surface area (Å²) in [5, 5.41) is 3.74. The zero-order chi connectivity index (χ0) is 15.8. The van der Waals surface area contributed by atoms with Crippen molar-refractivity contribution >= 4 is 35.2 Å². The SMILES string of the molecule is O=C(COC(=O)/C=C/c1ccsc1)NNC(=O)c1ccco1. The van der Waals surface area contributed by atoms with Crippen LogP contribution in [0.2, 0.25) is 0 Å². The number of hydrogen-bond donors (Lipinski definition) is 2. The van der Waals surface area contributed by atoms with E-state index in [4.69, 9.17) is 9.15 Å². The highest BCUT2D eigenvalue weighted by Gasteiger charge is 2.10. The Balaban J connectivity index is 1.67. The molecule has 0 unspecified atom stereocenters. The minimum Gasteiger partial charge on any atom is -0.459 e. The molecule has 0 aliphatic heterocycles. The molecule has 2 aromatic heterocycles. The van der Waals surface area contributed by atoms with E-state index in [0.717, 1.165) is 5.56 Å². The van der Waals surface area contributed by atoms with Gasteiger partial charge in [-0.1, -0.05) is 0 Å². The summed E-state index contributed by atoms with van der Waals surface area (Å²) in [6.45, 7) is -0.509. The standard InChI is InChI=1S/C14H12N2O5S/c17-12(15-16-14(19)11-2-1-6-20-11)8-21-13(18)4-3-10-5-7-22-9-10/h1-7,9H,8H2,(H,15,17)(H,16,19)/b4-3+. The number of hydrogen-bond acceptors (Lipinski definition) is 6. The van der Waals surface area contributed by atoms with Crippen LogP contribution in [0.1, 0.15) is 16.1 Å². The number of rotatable bonds is 5. The summed E-state index contributed by atoms with van der Waals surface area (Å²) in [5.41, 5.74) is 5.09. The number of amides is 2. The third-order valence-corrected chi connectivity index (χ3v) is 3.06. The quantitative estimate of drug-likeness (QED) is 0.492. The van der Waals surface area contributed by atoms with Crippen molar-refractivity contribution < 1.29 is 23.5 Å². The van der Waals surface area contributed by atoms with E-state index >= 15 is 0 Å². The smallest absolute Gasteiger partial charge is 0.331 e. The predicted molar refractivity (Wildman–Crippen MR) is 78.6 cm³/mol. The van der Waals surface area contributed by atoms with Crippen molar-refractivity contribution in [1.82, 2.24) is 10.9 Å². The molecular formula is C14H12N2O5S. The van der Waals surface area contributed by atoms with Gasteiger partial charge in [0.2, 0.25) is 0 Å². The lowest BCUT2D eigenvalue weighted by atomic mass is 10.3. The Morgan fingerprint density at radius 2 is 2.14 bits per heavy atom. The third kappa shape index (κ3) is 4.91. The summed E-state index contributed by atoms with van der Waals surface area (Å²) in [6.07, 6.45) is 4.13. The molecule has 7 nitrogen and oxygen atoms in total. The second kappa shape index (κ2) is 7.79. The van der Waals surface area contributed by atoms with E-state index in [1.165, 1.54) is 29.7 Å². The molecule has 2 N–H and O–H groups in total. The van der Waals surface area contributed by atoms with Crippen molar-refractivity contribution in [3.8, 4) is 0 Å². The lowest BCUT2D eigenvalue weighted by molar-refractivity contribution is -0.144. The van der Waals surface area contributed by atoms with Crippen LogP contribution in [0.15, 0.2) is 45.7 Å². The minimum absolute atomic E-state index is 0.0518. The van der Waals surface area contributed by atoms with E-state index in [9.17, 15) is 14.4 Å². The summed E-state index contributed by atoms with van der Waals surface area (Å²) >= 11 is 1.50. The number of ether oxygens (including phenoxy) is 1. The second-order valence-corrected chi connectivity index (χ2v) is 4.76. The molecule has 0 saturated carbocycles. The highest BCUT2D eigenvalue weighted by molar-refractivity contribution is 7.08. The highest BCUT2D eigenvalue weighted by Crippen LogP contribution is 2.07. The number of carbonyl (C=O) groups is 3. The summed E-state index contributed by atoms with van der Waals surface area (Å²) in [7, 11) is 0. The van der Waals surface area contributed by atoms with Crippen LogP contribution in [-0.4, -0.2) is 24.4 Å². The van der Waals surface area contributed by atoms with Gasteiger partial charge >= 0.3 is 11.9 Å². The lowest BCUT2D eigenvalue weighted by Gasteiger charge is -2.05. The van der Waals surface area contributed by atoms with Crippen molar-refractivity contribution in [3.05, 3.63) is 52.6 Å². The zero-order valence-electron chi connectivity index (χ0n) is 11.3. The van der Waals surface area contributed by atoms with Crippen LogP contribution in [-0.2, 0) is 14.3 Å². The number of furan rings is 1. The number of thiophene rings is 1. The van der Waals surface area contributed by atoms with Crippen molar-refractivity contribution in [3.63, 3.8) is 0 Å². The van der Waals surface area contributed by atoms with Crippen LogP contribution in [0, 0.1) is 0 Å². The molecule has 0 aromatic carbocycles. The van der Waals surface area contributed by atoms with Crippen LogP contribution in [0.4, 0.5) is 0 Å².